The molecule has 64 valence electrons. The summed E-state index contributed by atoms with van der Waals surface area (Å²) in [6, 6.07) is 6.34. The number of aromatic carboxylic acids is 1. The van der Waals surface area contributed by atoms with Crippen LogP contribution in [0.2, 0.25) is 0 Å². The third-order valence-corrected chi connectivity index (χ3v) is 1.38. The molecule has 0 aliphatic heterocycles. The van der Waals surface area contributed by atoms with Gasteiger partial charge in [-0.3, -0.25) is 0 Å². The number of hydrogen-bond acceptors (Lipinski definition) is 2. The highest BCUT2D eigenvalue weighted by atomic mass is 16.4. The molecule has 0 unspecified atom stereocenters. The Hall–Kier alpha value is -1.61. The molecule has 0 aliphatic rings. The van der Waals surface area contributed by atoms with Gasteiger partial charge in [0.25, 0.3) is 0 Å². The minimum atomic E-state index is -1.15. The number of benzene rings is 1. The van der Waals surface area contributed by atoms with E-state index >= 15 is 0 Å². The van der Waals surface area contributed by atoms with Gasteiger partial charge in [0.1, 0.15) is 0 Å². The standard InChI is InChI=1S/C9H8O2.H3N/c1-2-7-3-5-8(6-4-7)9(10)11;/h2-6H,1H2,(H,10,11);1H3. The number of carboxylic acids is 1. The molecule has 3 heteroatoms. The summed E-state index contributed by atoms with van der Waals surface area (Å²) >= 11 is 0. The summed E-state index contributed by atoms with van der Waals surface area (Å²) in [7, 11) is 0. The summed E-state index contributed by atoms with van der Waals surface area (Å²) in [5.74, 6) is -1.15. The maximum Gasteiger partial charge on any atom is 0.0715 e. The van der Waals surface area contributed by atoms with Gasteiger partial charge < -0.3 is 16.1 Å². The van der Waals surface area contributed by atoms with Crippen LogP contribution in [0, 0.1) is 0 Å². The molecule has 0 aromatic heterocycles. The maximum absolute atomic E-state index is 10.3. The average molecular weight is 165 g/mol. The van der Waals surface area contributed by atoms with E-state index in [0.29, 0.717) is 0 Å². The van der Waals surface area contributed by atoms with Crippen LogP contribution in [0.25, 0.3) is 6.08 Å². The first kappa shape index (κ1) is 10.4. The highest BCUT2D eigenvalue weighted by Gasteiger charge is 1.90. The Morgan fingerprint density at radius 3 is 2.17 bits per heavy atom. The Morgan fingerprint density at radius 1 is 1.33 bits per heavy atom. The van der Waals surface area contributed by atoms with Crippen molar-refractivity contribution < 1.29 is 9.90 Å². The molecule has 0 saturated heterocycles. The lowest BCUT2D eigenvalue weighted by Crippen LogP contribution is -2.21. The lowest BCUT2D eigenvalue weighted by atomic mass is 10.1. The Kier molecular flexibility index (Phi) is 3.73. The number of carbonyl (C=O) groups is 1. The Bertz CT molecular complexity index is 277. The first-order valence-electron chi connectivity index (χ1n) is 3.18. The van der Waals surface area contributed by atoms with Crippen LogP contribution in [-0.2, 0) is 0 Å². The minimum absolute atomic E-state index is 0. The second-order valence-electron chi connectivity index (χ2n) is 2.11. The van der Waals surface area contributed by atoms with E-state index in [1.165, 1.54) is 12.1 Å². The number of carbonyl (C=O) groups excluding carboxylic acids is 1. The van der Waals surface area contributed by atoms with Gasteiger partial charge in [-0.1, -0.05) is 36.9 Å². The summed E-state index contributed by atoms with van der Waals surface area (Å²) < 4.78 is 0. The van der Waals surface area contributed by atoms with E-state index in [1.807, 2.05) is 0 Å². The van der Waals surface area contributed by atoms with Crippen molar-refractivity contribution in [2.75, 3.05) is 0 Å². The fraction of sp³-hybridized carbons (Fsp3) is 0. The van der Waals surface area contributed by atoms with Gasteiger partial charge in [-0.05, 0) is 11.1 Å². The topological polar surface area (TPSA) is 76.6 Å². The number of carboxylic acid groups (broad SMARTS) is 1. The largest absolute Gasteiger partial charge is 0.545 e. The van der Waals surface area contributed by atoms with Crippen LogP contribution in [0.3, 0.4) is 0 Å². The zero-order valence-electron chi connectivity index (χ0n) is 6.91. The van der Waals surface area contributed by atoms with Gasteiger partial charge in [-0.25, -0.2) is 0 Å². The fourth-order valence-corrected chi connectivity index (χ4v) is 0.755. The fourth-order valence-electron chi connectivity index (χ4n) is 0.755. The number of quaternary nitrogens is 1. The molecule has 3 nitrogen and oxygen atoms in total. The molecule has 0 atom stereocenters. The first-order chi connectivity index (χ1) is 5.24. The van der Waals surface area contributed by atoms with Crippen LogP contribution in [0.1, 0.15) is 15.9 Å². The van der Waals surface area contributed by atoms with Crippen LogP contribution in [-0.4, -0.2) is 5.97 Å². The van der Waals surface area contributed by atoms with Gasteiger partial charge in [-0.2, -0.15) is 0 Å². The highest BCUT2D eigenvalue weighted by molar-refractivity contribution is 5.85. The molecule has 0 saturated carbocycles. The van der Waals surface area contributed by atoms with Crippen molar-refractivity contribution in [1.82, 2.24) is 6.15 Å². The molecule has 12 heavy (non-hydrogen) atoms. The van der Waals surface area contributed by atoms with Crippen molar-refractivity contribution >= 4 is 12.0 Å². The first-order valence-corrected chi connectivity index (χ1v) is 3.18. The van der Waals surface area contributed by atoms with Crippen LogP contribution in [0.15, 0.2) is 30.8 Å². The zero-order valence-corrected chi connectivity index (χ0v) is 6.91. The third-order valence-electron chi connectivity index (χ3n) is 1.38. The van der Waals surface area contributed by atoms with Gasteiger partial charge >= 0.3 is 0 Å². The van der Waals surface area contributed by atoms with Crippen molar-refractivity contribution in [3.05, 3.63) is 42.0 Å². The zero-order chi connectivity index (χ0) is 8.27. The van der Waals surface area contributed by atoms with E-state index in [-0.39, 0.29) is 11.7 Å². The molecule has 0 bridgehead atoms. The van der Waals surface area contributed by atoms with E-state index in [1.54, 1.807) is 18.2 Å². The van der Waals surface area contributed by atoms with Crippen LogP contribution in [0.5, 0.6) is 0 Å². The third kappa shape index (κ3) is 2.21. The Morgan fingerprint density at radius 2 is 1.83 bits per heavy atom. The molecule has 1 aromatic carbocycles. The Balaban J connectivity index is 0.00000121. The van der Waals surface area contributed by atoms with Gasteiger partial charge in [-0.15, -0.1) is 0 Å². The second-order valence-corrected chi connectivity index (χ2v) is 2.11. The summed E-state index contributed by atoms with van der Waals surface area (Å²) in [4.78, 5) is 10.3. The van der Waals surface area contributed by atoms with E-state index in [4.69, 9.17) is 0 Å². The minimum Gasteiger partial charge on any atom is -0.545 e. The number of rotatable bonds is 2. The molecule has 4 N–H and O–H groups in total. The molecule has 0 radical (unpaired) electrons. The van der Waals surface area contributed by atoms with E-state index < -0.39 is 5.97 Å². The summed E-state index contributed by atoms with van der Waals surface area (Å²) in [5.41, 5.74) is 1.09. The van der Waals surface area contributed by atoms with Crippen LogP contribution < -0.4 is 11.3 Å². The van der Waals surface area contributed by atoms with Gasteiger partial charge in [0.05, 0.1) is 5.97 Å². The summed E-state index contributed by atoms with van der Waals surface area (Å²) in [6.07, 6.45) is 1.65. The normalized spacial score (nSPS) is 8.33. The number of hydrogen-bond donors (Lipinski definition) is 1. The lowest BCUT2D eigenvalue weighted by molar-refractivity contribution is -0.255. The SMILES string of the molecule is C=Cc1ccc(C(=O)[O-])cc1.[NH4+]. The monoisotopic (exact) mass is 165 g/mol. The molecule has 0 amide bonds. The smallest absolute Gasteiger partial charge is 0.0715 e. The molecule has 0 spiro atoms. The Labute approximate surface area is 70.9 Å². The molecular formula is C9H11NO2. The molecule has 1 aromatic rings. The molecule has 0 heterocycles. The predicted molar refractivity (Wildman–Crippen MR) is 46.8 cm³/mol. The van der Waals surface area contributed by atoms with Gasteiger partial charge in [0.2, 0.25) is 0 Å². The quantitative estimate of drug-likeness (QED) is 0.711. The van der Waals surface area contributed by atoms with Crippen LogP contribution in [0.4, 0.5) is 0 Å². The second kappa shape index (κ2) is 4.31. The molecule has 0 aliphatic carbocycles. The van der Waals surface area contributed by atoms with Crippen molar-refractivity contribution in [2.45, 2.75) is 0 Å². The van der Waals surface area contributed by atoms with Gasteiger partial charge in [0.15, 0.2) is 0 Å². The molecule has 0 fully saturated rings. The van der Waals surface area contributed by atoms with Crippen LogP contribution >= 0.6 is 0 Å². The maximum atomic E-state index is 10.3. The molecule has 1 rings (SSSR count). The summed E-state index contributed by atoms with van der Waals surface area (Å²) in [6.45, 7) is 3.54. The predicted octanol–water partition coefficient (Wildman–Crippen LogP) is 1.07. The van der Waals surface area contributed by atoms with Crippen molar-refractivity contribution in [3.63, 3.8) is 0 Å². The average Bonchev–Trinajstić information content (AvgIpc) is 2.05. The van der Waals surface area contributed by atoms with Gasteiger partial charge in [0, 0.05) is 0 Å². The summed E-state index contributed by atoms with van der Waals surface area (Å²) in [5, 5.41) is 10.3. The van der Waals surface area contributed by atoms with E-state index in [9.17, 15) is 9.90 Å². The lowest BCUT2D eigenvalue weighted by Gasteiger charge is -2.00. The molecular weight excluding hydrogens is 154 g/mol. The van der Waals surface area contributed by atoms with Crippen molar-refractivity contribution in [3.8, 4) is 0 Å². The van der Waals surface area contributed by atoms with Crippen molar-refractivity contribution in [2.24, 2.45) is 0 Å². The van der Waals surface area contributed by atoms with E-state index in [0.717, 1.165) is 5.56 Å². The highest BCUT2D eigenvalue weighted by Crippen LogP contribution is 2.03. The van der Waals surface area contributed by atoms with Crippen molar-refractivity contribution in [1.29, 1.82) is 0 Å². The van der Waals surface area contributed by atoms with E-state index in [2.05, 4.69) is 6.58 Å².